The van der Waals surface area contributed by atoms with Crippen molar-refractivity contribution in [1.29, 1.82) is 0 Å². The highest BCUT2D eigenvalue weighted by Crippen LogP contribution is 2.22. The van der Waals surface area contributed by atoms with E-state index < -0.39 is 0 Å². The van der Waals surface area contributed by atoms with Crippen molar-refractivity contribution in [3.05, 3.63) is 0 Å². The van der Waals surface area contributed by atoms with E-state index in [-0.39, 0.29) is 11.6 Å². The zero-order valence-electron chi connectivity index (χ0n) is 11.9. The number of nitrogens with one attached hydrogen (secondary N) is 1. The maximum atomic E-state index is 11.8. The first-order valence-corrected chi connectivity index (χ1v) is 7.12. The van der Waals surface area contributed by atoms with Crippen molar-refractivity contribution in [3.8, 4) is 0 Å². The van der Waals surface area contributed by atoms with Crippen LogP contribution < -0.4 is 5.32 Å². The molecule has 1 N–H and O–H groups in total. The molecule has 2 fully saturated rings. The van der Waals surface area contributed by atoms with Crippen LogP contribution in [0.2, 0.25) is 0 Å². The number of rotatable bonds is 4. The van der Waals surface area contributed by atoms with E-state index in [1.165, 1.54) is 25.7 Å². The number of nitrogens with zero attached hydrogens (tertiary/aromatic N) is 1. The summed E-state index contributed by atoms with van der Waals surface area (Å²) in [5.41, 5.74) is -0.376. The SMILES string of the molecule is CC(C)(C)OC(=O)CN1CCCC(NC2CC2)C1. The maximum absolute atomic E-state index is 11.8. The van der Waals surface area contributed by atoms with Crippen LogP contribution in [0.3, 0.4) is 0 Å². The molecule has 1 atom stereocenters. The summed E-state index contributed by atoms with van der Waals surface area (Å²) < 4.78 is 5.37. The smallest absolute Gasteiger partial charge is 0.320 e. The van der Waals surface area contributed by atoms with Crippen LogP contribution in [0, 0.1) is 0 Å². The Labute approximate surface area is 110 Å². The highest BCUT2D eigenvalue weighted by atomic mass is 16.6. The van der Waals surface area contributed by atoms with E-state index in [4.69, 9.17) is 4.74 Å². The summed E-state index contributed by atoms with van der Waals surface area (Å²) in [5, 5.41) is 3.65. The Morgan fingerprint density at radius 1 is 1.28 bits per heavy atom. The van der Waals surface area contributed by atoms with Gasteiger partial charge >= 0.3 is 5.97 Å². The Bertz CT molecular complexity index is 295. The Kier molecular flexibility index (Phi) is 4.28. The van der Waals surface area contributed by atoms with Crippen molar-refractivity contribution >= 4 is 5.97 Å². The van der Waals surface area contributed by atoms with E-state index in [1.54, 1.807) is 0 Å². The third-order valence-corrected chi connectivity index (χ3v) is 3.33. The van der Waals surface area contributed by atoms with E-state index >= 15 is 0 Å². The second kappa shape index (κ2) is 5.57. The third-order valence-electron chi connectivity index (χ3n) is 3.33. The van der Waals surface area contributed by atoms with Crippen LogP contribution in [-0.2, 0) is 9.53 Å². The molecule has 0 bridgehead atoms. The summed E-state index contributed by atoms with van der Waals surface area (Å²) in [7, 11) is 0. The van der Waals surface area contributed by atoms with E-state index in [9.17, 15) is 4.79 Å². The van der Waals surface area contributed by atoms with Crippen molar-refractivity contribution < 1.29 is 9.53 Å². The van der Waals surface area contributed by atoms with E-state index in [0.717, 1.165) is 19.1 Å². The minimum absolute atomic E-state index is 0.102. The quantitative estimate of drug-likeness (QED) is 0.773. The largest absolute Gasteiger partial charge is 0.459 e. The molecule has 0 aromatic carbocycles. The highest BCUT2D eigenvalue weighted by Gasteiger charge is 2.28. The molecule has 2 rings (SSSR count). The van der Waals surface area contributed by atoms with Gasteiger partial charge in [-0.05, 0) is 53.0 Å². The van der Waals surface area contributed by atoms with Gasteiger partial charge in [0.2, 0.25) is 0 Å². The lowest BCUT2D eigenvalue weighted by molar-refractivity contribution is -0.156. The molecule has 4 heteroatoms. The van der Waals surface area contributed by atoms with Crippen molar-refractivity contribution in [1.82, 2.24) is 10.2 Å². The highest BCUT2D eigenvalue weighted by molar-refractivity contribution is 5.72. The van der Waals surface area contributed by atoms with Gasteiger partial charge in [-0.15, -0.1) is 0 Å². The predicted octanol–water partition coefficient (Wildman–Crippen LogP) is 1.54. The molecule has 0 radical (unpaired) electrons. The van der Waals surface area contributed by atoms with Crippen molar-refractivity contribution in [2.45, 2.75) is 64.1 Å². The molecule has 1 heterocycles. The lowest BCUT2D eigenvalue weighted by Gasteiger charge is -2.33. The summed E-state index contributed by atoms with van der Waals surface area (Å²) in [5.74, 6) is -0.102. The second-order valence-electron chi connectivity index (χ2n) is 6.60. The first kappa shape index (κ1) is 13.8. The van der Waals surface area contributed by atoms with Gasteiger partial charge in [0.05, 0.1) is 6.54 Å². The lowest BCUT2D eigenvalue weighted by atomic mass is 10.1. The normalized spacial score (nSPS) is 26.1. The zero-order valence-corrected chi connectivity index (χ0v) is 11.9. The second-order valence-corrected chi connectivity index (χ2v) is 6.60. The average Bonchev–Trinajstić information content (AvgIpc) is 2.98. The molecular formula is C14H26N2O2. The Morgan fingerprint density at radius 3 is 2.61 bits per heavy atom. The van der Waals surface area contributed by atoms with Crippen LogP contribution in [0.25, 0.3) is 0 Å². The minimum Gasteiger partial charge on any atom is -0.459 e. The molecule has 0 spiro atoms. The molecule has 1 saturated carbocycles. The number of ether oxygens (including phenoxy) is 1. The van der Waals surface area contributed by atoms with Crippen molar-refractivity contribution in [2.24, 2.45) is 0 Å². The molecule has 104 valence electrons. The summed E-state index contributed by atoms with van der Waals surface area (Å²) >= 11 is 0. The Hall–Kier alpha value is -0.610. The molecule has 0 aromatic heterocycles. The van der Waals surface area contributed by atoms with Crippen molar-refractivity contribution in [2.75, 3.05) is 19.6 Å². The molecule has 0 amide bonds. The molecule has 1 aliphatic heterocycles. The first-order valence-electron chi connectivity index (χ1n) is 7.12. The summed E-state index contributed by atoms with van der Waals surface area (Å²) in [6, 6.07) is 1.31. The van der Waals surface area contributed by atoms with E-state index in [2.05, 4.69) is 10.2 Å². The van der Waals surface area contributed by atoms with Crippen LogP contribution in [0.15, 0.2) is 0 Å². The van der Waals surface area contributed by atoms with Gasteiger partial charge in [-0.3, -0.25) is 9.69 Å². The van der Waals surface area contributed by atoms with Crippen molar-refractivity contribution in [3.63, 3.8) is 0 Å². The number of carbonyl (C=O) groups is 1. The number of esters is 1. The predicted molar refractivity (Wildman–Crippen MR) is 71.5 cm³/mol. The Balaban J connectivity index is 1.72. The molecular weight excluding hydrogens is 228 g/mol. The van der Waals surface area contributed by atoms with Gasteiger partial charge in [0, 0.05) is 18.6 Å². The third kappa shape index (κ3) is 4.94. The average molecular weight is 254 g/mol. The van der Waals surface area contributed by atoms with Crippen LogP contribution in [0.4, 0.5) is 0 Å². The van der Waals surface area contributed by atoms with Crippen LogP contribution in [-0.4, -0.2) is 48.2 Å². The molecule has 1 aliphatic carbocycles. The molecule has 18 heavy (non-hydrogen) atoms. The van der Waals surface area contributed by atoms with Crippen LogP contribution in [0.5, 0.6) is 0 Å². The van der Waals surface area contributed by atoms with Gasteiger partial charge in [-0.25, -0.2) is 0 Å². The molecule has 1 unspecified atom stereocenters. The fraction of sp³-hybridized carbons (Fsp3) is 0.929. The van der Waals surface area contributed by atoms with Gasteiger partial charge in [0.1, 0.15) is 5.60 Å². The molecule has 4 nitrogen and oxygen atoms in total. The Morgan fingerprint density at radius 2 is 2.00 bits per heavy atom. The van der Waals surface area contributed by atoms with Gasteiger partial charge in [0.15, 0.2) is 0 Å². The van der Waals surface area contributed by atoms with E-state index in [0.29, 0.717) is 12.6 Å². The molecule has 1 saturated heterocycles. The fourth-order valence-electron chi connectivity index (χ4n) is 2.47. The molecule has 0 aromatic rings. The number of carbonyl (C=O) groups excluding carboxylic acids is 1. The van der Waals surface area contributed by atoms with Gasteiger partial charge in [-0.1, -0.05) is 0 Å². The first-order chi connectivity index (χ1) is 8.42. The number of hydrogen-bond acceptors (Lipinski definition) is 4. The summed E-state index contributed by atoms with van der Waals surface area (Å²) in [6.45, 7) is 8.17. The lowest BCUT2D eigenvalue weighted by Crippen LogP contribution is -2.48. The maximum Gasteiger partial charge on any atom is 0.320 e. The van der Waals surface area contributed by atoms with Gasteiger partial charge in [0.25, 0.3) is 0 Å². The monoisotopic (exact) mass is 254 g/mol. The number of likely N-dealkylation sites (tertiary alicyclic amines) is 1. The van der Waals surface area contributed by atoms with Crippen LogP contribution in [0.1, 0.15) is 46.5 Å². The number of piperidine rings is 1. The fourth-order valence-corrected chi connectivity index (χ4v) is 2.47. The van der Waals surface area contributed by atoms with Gasteiger partial charge in [-0.2, -0.15) is 0 Å². The van der Waals surface area contributed by atoms with Gasteiger partial charge < -0.3 is 10.1 Å². The standard InChI is InChI=1S/C14H26N2O2/c1-14(2,3)18-13(17)10-16-8-4-5-12(9-16)15-11-6-7-11/h11-12,15H,4-10H2,1-3H3. The summed E-state index contributed by atoms with van der Waals surface area (Å²) in [6.07, 6.45) is 5.06. The zero-order chi connectivity index (χ0) is 13.2. The molecule has 2 aliphatic rings. The topological polar surface area (TPSA) is 41.6 Å². The number of hydrogen-bond donors (Lipinski definition) is 1. The summed E-state index contributed by atoms with van der Waals surface area (Å²) in [4.78, 5) is 14.0. The van der Waals surface area contributed by atoms with Crippen LogP contribution >= 0.6 is 0 Å². The minimum atomic E-state index is -0.376. The van der Waals surface area contributed by atoms with E-state index in [1.807, 2.05) is 20.8 Å².